The molecule has 2 atom stereocenters. The number of sulfone groups is 1. The molecule has 1 saturated heterocycles. The molecule has 1 fully saturated rings. The first-order valence-electron chi connectivity index (χ1n) is 12.0. The van der Waals surface area contributed by atoms with Crippen molar-refractivity contribution in [2.75, 3.05) is 13.1 Å². The first-order valence-corrected chi connectivity index (χ1v) is 13.5. The van der Waals surface area contributed by atoms with E-state index in [2.05, 4.69) is 5.32 Å². The molecule has 1 heterocycles. The van der Waals surface area contributed by atoms with Crippen molar-refractivity contribution >= 4 is 22.0 Å². The summed E-state index contributed by atoms with van der Waals surface area (Å²) >= 11 is 0. The van der Waals surface area contributed by atoms with Crippen molar-refractivity contribution in [1.82, 2.24) is 10.2 Å². The van der Waals surface area contributed by atoms with Crippen molar-refractivity contribution < 1.29 is 41.4 Å². The Balaban J connectivity index is 1.92. The third-order valence-electron chi connectivity index (χ3n) is 5.99. The van der Waals surface area contributed by atoms with Gasteiger partial charge in [0.2, 0.25) is 9.84 Å². The van der Waals surface area contributed by atoms with Crippen LogP contribution < -0.4 is 5.32 Å². The van der Waals surface area contributed by atoms with Gasteiger partial charge in [0.25, 0.3) is 0 Å². The van der Waals surface area contributed by atoms with E-state index >= 15 is 8.78 Å². The van der Waals surface area contributed by atoms with Gasteiger partial charge in [-0.3, -0.25) is 0 Å². The van der Waals surface area contributed by atoms with Crippen molar-refractivity contribution in [3.05, 3.63) is 66.2 Å². The molecule has 38 heavy (non-hydrogen) atoms. The topological polar surface area (TPSA) is 122 Å². The molecule has 0 radical (unpaired) electrons. The molecule has 2 amide bonds. The summed E-state index contributed by atoms with van der Waals surface area (Å²) in [6.07, 6.45) is -5.14. The van der Waals surface area contributed by atoms with Crippen molar-refractivity contribution in [3.63, 3.8) is 0 Å². The molecule has 0 bridgehead atoms. The van der Waals surface area contributed by atoms with Crippen molar-refractivity contribution in [1.29, 1.82) is 0 Å². The number of carbonyl (C=O) groups excluding carboxylic acids is 2. The average Bonchev–Trinajstić information content (AvgIpc) is 2.86. The number of aliphatic hydroxyl groups is 1. The van der Waals surface area contributed by atoms with Crippen LogP contribution >= 0.6 is 0 Å². The Labute approximate surface area is 220 Å². The van der Waals surface area contributed by atoms with Gasteiger partial charge in [-0.15, -0.1) is 0 Å². The summed E-state index contributed by atoms with van der Waals surface area (Å²) in [6, 6.07) is 14.7. The minimum atomic E-state index is -5.39. The quantitative estimate of drug-likeness (QED) is 0.528. The third-order valence-corrected chi connectivity index (χ3v) is 7.82. The van der Waals surface area contributed by atoms with Gasteiger partial charge in [0.1, 0.15) is 12.2 Å². The summed E-state index contributed by atoms with van der Waals surface area (Å²) < 4.78 is 67.6. The van der Waals surface area contributed by atoms with Crippen molar-refractivity contribution in [2.45, 2.75) is 67.6 Å². The van der Waals surface area contributed by atoms with E-state index in [1.807, 2.05) is 0 Å². The maximum Gasteiger partial charge on any atom is 0.410 e. The fourth-order valence-electron chi connectivity index (χ4n) is 4.18. The fourth-order valence-corrected chi connectivity index (χ4v) is 5.53. The van der Waals surface area contributed by atoms with E-state index in [-0.39, 0.29) is 26.0 Å². The van der Waals surface area contributed by atoms with E-state index < -0.39 is 56.0 Å². The summed E-state index contributed by atoms with van der Waals surface area (Å²) in [7, 11) is -5.39. The number of carbonyl (C=O) groups is 2. The van der Waals surface area contributed by atoms with Crippen LogP contribution in [0.25, 0.3) is 0 Å². The summed E-state index contributed by atoms with van der Waals surface area (Å²) in [4.78, 5) is 25.9. The van der Waals surface area contributed by atoms with Gasteiger partial charge in [0.15, 0.2) is 6.10 Å². The number of hydrogen-bond donors (Lipinski definition) is 2. The number of hydrogen-bond acceptors (Lipinski definition) is 7. The highest BCUT2D eigenvalue weighted by Gasteiger charge is 2.62. The predicted molar refractivity (Wildman–Crippen MR) is 134 cm³/mol. The summed E-state index contributed by atoms with van der Waals surface area (Å²) in [5, 5.41) is 8.56. The second kappa shape index (κ2) is 11.2. The molecule has 12 heteroatoms. The molecule has 0 aromatic heterocycles. The number of piperidine rings is 1. The van der Waals surface area contributed by atoms with Gasteiger partial charge >= 0.3 is 17.4 Å². The van der Waals surface area contributed by atoms with Crippen LogP contribution in [0.15, 0.2) is 65.6 Å². The third kappa shape index (κ3) is 6.60. The first kappa shape index (κ1) is 29.3. The largest absolute Gasteiger partial charge is 0.445 e. The number of halogens is 2. The van der Waals surface area contributed by atoms with Gasteiger partial charge in [-0.2, -0.15) is 8.78 Å². The highest BCUT2D eigenvalue weighted by atomic mass is 32.2. The smallest absolute Gasteiger partial charge is 0.410 e. The molecule has 1 aliphatic heterocycles. The molecule has 208 valence electrons. The lowest BCUT2D eigenvalue weighted by atomic mass is 9.83. The maximum absolute atomic E-state index is 15.6. The van der Waals surface area contributed by atoms with E-state index in [0.29, 0.717) is 5.56 Å². The zero-order chi connectivity index (χ0) is 28.2. The van der Waals surface area contributed by atoms with Crippen LogP contribution in [0.3, 0.4) is 0 Å². The summed E-state index contributed by atoms with van der Waals surface area (Å²) in [5.74, 6) is 0. The van der Waals surface area contributed by atoms with Gasteiger partial charge < -0.3 is 24.8 Å². The number of amides is 2. The van der Waals surface area contributed by atoms with Crippen molar-refractivity contribution in [2.24, 2.45) is 0 Å². The Hall–Kier alpha value is -3.25. The standard InChI is InChI=1S/C26H32F2N2O7S/c1-24(2,3)37-22(32)29-25(21(31)26(27,28)38(34,35)20-13-8-5-9-14-20)15-10-16-30(18-25)23(33)36-17-19-11-6-4-7-12-19/h4-9,11-14,21,31H,10,15-18H2,1-3H3,(H,29,32). The zero-order valence-electron chi connectivity index (χ0n) is 21.4. The number of aliphatic hydroxyl groups excluding tert-OH is 1. The summed E-state index contributed by atoms with van der Waals surface area (Å²) in [5.41, 5.74) is -2.59. The number of benzene rings is 2. The van der Waals surface area contributed by atoms with Crippen LogP contribution in [0.1, 0.15) is 39.2 Å². The minimum absolute atomic E-state index is 0.0642. The molecular formula is C26H32F2N2O7S. The SMILES string of the molecule is CC(C)(C)OC(=O)NC1(C(O)C(F)(F)S(=O)(=O)c2ccccc2)CCCN(C(=O)OCc2ccccc2)C1. The van der Waals surface area contributed by atoms with Gasteiger partial charge in [0.05, 0.1) is 17.0 Å². The van der Waals surface area contributed by atoms with Crippen LogP contribution in [0.5, 0.6) is 0 Å². The molecule has 1 aliphatic rings. The van der Waals surface area contributed by atoms with E-state index in [0.717, 1.165) is 17.0 Å². The molecule has 0 saturated carbocycles. The van der Waals surface area contributed by atoms with Gasteiger partial charge in [-0.25, -0.2) is 18.0 Å². The normalized spacial score (nSPS) is 19.4. The predicted octanol–water partition coefficient (Wildman–Crippen LogP) is 4.11. The maximum atomic E-state index is 15.6. The van der Waals surface area contributed by atoms with Crippen LogP contribution in [0.2, 0.25) is 0 Å². The average molecular weight is 555 g/mol. The number of ether oxygens (including phenoxy) is 2. The number of alkyl carbamates (subject to hydrolysis) is 1. The molecule has 2 aromatic carbocycles. The number of nitrogens with one attached hydrogen (secondary N) is 1. The molecule has 2 aromatic rings. The van der Waals surface area contributed by atoms with E-state index in [1.54, 1.807) is 51.1 Å². The van der Waals surface area contributed by atoms with E-state index in [1.165, 1.54) is 18.2 Å². The fraction of sp³-hybridized carbons (Fsp3) is 0.462. The minimum Gasteiger partial charge on any atom is -0.445 e. The van der Waals surface area contributed by atoms with Gasteiger partial charge in [0, 0.05) is 6.54 Å². The Morgan fingerprint density at radius 3 is 2.24 bits per heavy atom. The van der Waals surface area contributed by atoms with Crippen LogP contribution in [-0.4, -0.2) is 66.2 Å². The summed E-state index contributed by atoms with van der Waals surface area (Å²) in [6.45, 7) is 4.01. The van der Waals surface area contributed by atoms with Crippen molar-refractivity contribution in [3.8, 4) is 0 Å². The van der Waals surface area contributed by atoms with Crippen LogP contribution in [0, 0.1) is 0 Å². The molecular weight excluding hydrogens is 522 g/mol. The Kier molecular flexibility index (Phi) is 8.67. The monoisotopic (exact) mass is 554 g/mol. The highest BCUT2D eigenvalue weighted by Crippen LogP contribution is 2.40. The first-order chi connectivity index (χ1) is 17.7. The lowest BCUT2D eigenvalue weighted by molar-refractivity contribution is -0.105. The zero-order valence-corrected chi connectivity index (χ0v) is 22.2. The van der Waals surface area contributed by atoms with Gasteiger partial charge in [-0.05, 0) is 51.3 Å². The number of rotatable bonds is 7. The Morgan fingerprint density at radius 2 is 1.66 bits per heavy atom. The second-order valence-corrected chi connectivity index (χ2v) is 12.2. The lowest BCUT2D eigenvalue weighted by Gasteiger charge is -2.46. The molecule has 0 aliphatic carbocycles. The molecule has 2 N–H and O–H groups in total. The molecule has 3 rings (SSSR count). The number of nitrogens with zero attached hydrogens (tertiary/aromatic N) is 1. The van der Waals surface area contributed by atoms with E-state index in [9.17, 15) is 23.1 Å². The lowest BCUT2D eigenvalue weighted by Crippen LogP contribution is -2.70. The Bertz CT molecular complexity index is 1220. The van der Waals surface area contributed by atoms with Crippen LogP contribution in [0.4, 0.5) is 18.4 Å². The molecule has 0 spiro atoms. The Morgan fingerprint density at radius 1 is 1.08 bits per heavy atom. The molecule has 9 nitrogen and oxygen atoms in total. The number of likely N-dealkylation sites (tertiary alicyclic amines) is 1. The van der Waals surface area contributed by atoms with E-state index in [4.69, 9.17) is 9.47 Å². The molecule has 2 unspecified atom stereocenters. The van der Waals surface area contributed by atoms with Crippen LogP contribution in [-0.2, 0) is 25.9 Å². The second-order valence-electron chi connectivity index (χ2n) is 10.1. The van der Waals surface area contributed by atoms with Gasteiger partial charge in [-0.1, -0.05) is 48.5 Å². The number of alkyl halides is 2. The highest BCUT2D eigenvalue weighted by molar-refractivity contribution is 7.92.